The number of benzene rings is 2. The standard InChI is InChI=1S/C20H19ClN4O2/c1-13(2)14-6-8-17(9-7-14)25-11-10-22-18(19(25)26)24-20(27)23-16-5-3-4-15(21)12-16/h3-13H,1-2H3,(H2,22,23,24,27). The fraction of sp³-hybridized carbons (Fsp3) is 0.150. The molecule has 0 bridgehead atoms. The van der Waals surface area contributed by atoms with Gasteiger partial charge in [-0.15, -0.1) is 0 Å². The zero-order chi connectivity index (χ0) is 19.4. The Hall–Kier alpha value is -3.12. The van der Waals surface area contributed by atoms with Crippen LogP contribution in [0, 0.1) is 0 Å². The van der Waals surface area contributed by atoms with Gasteiger partial charge in [0.15, 0.2) is 0 Å². The SMILES string of the molecule is CC(C)c1ccc(-n2ccnc(NC(=O)Nc3cccc(Cl)c3)c2=O)cc1. The normalized spacial score (nSPS) is 10.7. The molecule has 27 heavy (non-hydrogen) atoms. The highest BCUT2D eigenvalue weighted by atomic mass is 35.5. The average molecular weight is 383 g/mol. The summed E-state index contributed by atoms with van der Waals surface area (Å²) in [6, 6.07) is 13.8. The molecule has 2 aromatic carbocycles. The first-order chi connectivity index (χ1) is 12.9. The number of carbonyl (C=O) groups is 1. The molecule has 0 unspecified atom stereocenters. The molecular weight excluding hydrogens is 364 g/mol. The third-order valence-corrected chi connectivity index (χ3v) is 4.23. The van der Waals surface area contributed by atoms with Crippen molar-refractivity contribution in [1.82, 2.24) is 9.55 Å². The van der Waals surface area contributed by atoms with Crippen molar-refractivity contribution in [2.75, 3.05) is 10.6 Å². The van der Waals surface area contributed by atoms with Gasteiger partial charge in [-0.3, -0.25) is 14.7 Å². The second-order valence-corrected chi connectivity index (χ2v) is 6.72. The second kappa shape index (κ2) is 8.05. The van der Waals surface area contributed by atoms with Crippen molar-refractivity contribution in [3.8, 4) is 5.69 Å². The summed E-state index contributed by atoms with van der Waals surface area (Å²) in [5.74, 6) is 0.339. The molecule has 0 aliphatic heterocycles. The molecule has 0 aliphatic carbocycles. The van der Waals surface area contributed by atoms with Crippen LogP contribution in [0.5, 0.6) is 0 Å². The fourth-order valence-electron chi connectivity index (χ4n) is 2.56. The van der Waals surface area contributed by atoms with Gasteiger partial charge in [0.2, 0.25) is 5.82 Å². The van der Waals surface area contributed by atoms with Crippen molar-refractivity contribution < 1.29 is 4.79 Å². The molecule has 6 nitrogen and oxygen atoms in total. The maximum atomic E-state index is 12.7. The van der Waals surface area contributed by atoms with E-state index in [2.05, 4.69) is 29.5 Å². The first-order valence-corrected chi connectivity index (χ1v) is 8.83. The van der Waals surface area contributed by atoms with Crippen LogP contribution >= 0.6 is 11.6 Å². The lowest BCUT2D eigenvalue weighted by molar-refractivity contribution is 0.262. The summed E-state index contributed by atoms with van der Waals surface area (Å²) >= 11 is 5.90. The second-order valence-electron chi connectivity index (χ2n) is 6.29. The quantitative estimate of drug-likeness (QED) is 0.689. The van der Waals surface area contributed by atoms with Crippen molar-refractivity contribution in [2.24, 2.45) is 0 Å². The Balaban J connectivity index is 1.80. The average Bonchev–Trinajstić information content (AvgIpc) is 2.63. The van der Waals surface area contributed by atoms with Crippen molar-refractivity contribution in [3.05, 3.63) is 81.9 Å². The third kappa shape index (κ3) is 4.54. The van der Waals surface area contributed by atoms with Crippen LogP contribution < -0.4 is 16.2 Å². The lowest BCUT2D eigenvalue weighted by Gasteiger charge is -2.11. The van der Waals surface area contributed by atoms with Crippen LogP contribution in [0.15, 0.2) is 65.7 Å². The summed E-state index contributed by atoms with van der Waals surface area (Å²) in [5, 5.41) is 5.59. The molecule has 0 atom stereocenters. The Morgan fingerprint density at radius 1 is 1.11 bits per heavy atom. The van der Waals surface area contributed by atoms with Crippen LogP contribution in [0.25, 0.3) is 5.69 Å². The van der Waals surface area contributed by atoms with Gasteiger partial charge in [0.05, 0.1) is 0 Å². The molecule has 2 N–H and O–H groups in total. The summed E-state index contributed by atoms with van der Waals surface area (Å²) in [5.41, 5.74) is 1.97. The van der Waals surface area contributed by atoms with Gasteiger partial charge in [-0.2, -0.15) is 0 Å². The van der Waals surface area contributed by atoms with Crippen LogP contribution in [-0.4, -0.2) is 15.6 Å². The first-order valence-electron chi connectivity index (χ1n) is 8.45. The summed E-state index contributed by atoms with van der Waals surface area (Å²) in [7, 11) is 0. The Labute approximate surface area is 161 Å². The molecule has 0 saturated carbocycles. The van der Waals surface area contributed by atoms with Gasteiger partial charge < -0.3 is 5.32 Å². The molecule has 2 amide bonds. The molecular formula is C20H19ClN4O2. The maximum Gasteiger partial charge on any atom is 0.325 e. The summed E-state index contributed by atoms with van der Waals surface area (Å²) < 4.78 is 1.44. The highest BCUT2D eigenvalue weighted by Crippen LogP contribution is 2.17. The minimum absolute atomic E-state index is 0.0648. The van der Waals surface area contributed by atoms with E-state index < -0.39 is 11.6 Å². The predicted molar refractivity (Wildman–Crippen MR) is 108 cm³/mol. The molecule has 0 saturated heterocycles. The third-order valence-electron chi connectivity index (χ3n) is 3.99. The smallest absolute Gasteiger partial charge is 0.308 e. The minimum Gasteiger partial charge on any atom is -0.308 e. The van der Waals surface area contributed by atoms with Crippen LogP contribution in [0.4, 0.5) is 16.3 Å². The van der Waals surface area contributed by atoms with Crippen LogP contribution in [-0.2, 0) is 0 Å². The zero-order valence-electron chi connectivity index (χ0n) is 14.9. The van der Waals surface area contributed by atoms with Gasteiger partial charge >= 0.3 is 6.03 Å². The van der Waals surface area contributed by atoms with Gasteiger partial charge in [-0.25, -0.2) is 9.78 Å². The van der Waals surface area contributed by atoms with Crippen molar-refractivity contribution >= 4 is 29.1 Å². The molecule has 3 aromatic rings. The molecule has 0 radical (unpaired) electrons. The lowest BCUT2D eigenvalue weighted by Crippen LogP contribution is -2.28. The van der Waals surface area contributed by atoms with Crippen molar-refractivity contribution in [3.63, 3.8) is 0 Å². The van der Waals surface area contributed by atoms with E-state index in [1.807, 2.05) is 24.3 Å². The Morgan fingerprint density at radius 2 is 1.85 bits per heavy atom. The van der Waals surface area contributed by atoms with E-state index >= 15 is 0 Å². The van der Waals surface area contributed by atoms with Gasteiger partial charge in [0.25, 0.3) is 5.56 Å². The molecule has 0 spiro atoms. The topological polar surface area (TPSA) is 76.0 Å². The number of nitrogens with one attached hydrogen (secondary N) is 2. The Kier molecular flexibility index (Phi) is 5.57. The first kappa shape index (κ1) is 18.7. The number of urea groups is 1. The Morgan fingerprint density at radius 3 is 2.52 bits per heavy atom. The summed E-state index contributed by atoms with van der Waals surface area (Å²) in [4.78, 5) is 28.8. The number of hydrogen-bond donors (Lipinski definition) is 2. The van der Waals surface area contributed by atoms with Crippen LogP contribution in [0.3, 0.4) is 0 Å². The number of rotatable bonds is 4. The Bertz CT molecular complexity index is 1010. The summed E-state index contributed by atoms with van der Waals surface area (Å²) in [6.07, 6.45) is 3.03. The number of anilines is 2. The van der Waals surface area contributed by atoms with E-state index in [0.29, 0.717) is 22.3 Å². The van der Waals surface area contributed by atoms with Crippen LogP contribution in [0.2, 0.25) is 5.02 Å². The number of carbonyl (C=O) groups excluding carboxylic acids is 1. The minimum atomic E-state index is -0.574. The molecule has 138 valence electrons. The fourth-order valence-corrected chi connectivity index (χ4v) is 2.75. The number of nitrogens with zero attached hydrogens (tertiary/aromatic N) is 2. The van der Waals surface area contributed by atoms with Gasteiger partial charge in [0.1, 0.15) is 0 Å². The number of aromatic nitrogens is 2. The van der Waals surface area contributed by atoms with E-state index in [1.165, 1.54) is 16.3 Å². The van der Waals surface area contributed by atoms with Crippen molar-refractivity contribution in [2.45, 2.75) is 19.8 Å². The number of halogens is 1. The predicted octanol–water partition coefficient (Wildman–Crippen LogP) is 4.65. The zero-order valence-corrected chi connectivity index (χ0v) is 15.7. The monoisotopic (exact) mass is 382 g/mol. The highest BCUT2D eigenvalue weighted by molar-refractivity contribution is 6.30. The van der Waals surface area contributed by atoms with E-state index in [9.17, 15) is 9.59 Å². The van der Waals surface area contributed by atoms with E-state index in [0.717, 1.165) is 0 Å². The molecule has 7 heteroatoms. The largest absolute Gasteiger partial charge is 0.325 e. The molecule has 1 aromatic heterocycles. The maximum absolute atomic E-state index is 12.7. The van der Waals surface area contributed by atoms with Crippen LogP contribution in [0.1, 0.15) is 25.3 Å². The van der Waals surface area contributed by atoms with E-state index in [-0.39, 0.29) is 5.82 Å². The molecule has 1 heterocycles. The van der Waals surface area contributed by atoms with Gasteiger partial charge in [-0.1, -0.05) is 43.6 Å². The van der Waals surface area contributed by atoms with E-state index in [4.69, 9.17) is 11.6 Å². The van der Waals surface area contributed by atoms with Gasteiger partial charge in [0, 0.05) is 28.8 Å². The highest BCUT2D eigenvalue weighted by Gasteiger charge is 2.11. The molecule has 0 fully saturated rings. The van der Waals surface area contributed by atoms with Gasteiger partial charge in [-0.05, 0) is 41.8 Å². The molecule has 3 rings (SSSR count). The van der Waals surface area contributed by atoms with Crippen molar-refractivity contribution in [1.29, 1.82) is 0 Å². The summed E-state index contributed by atoms with van der Waals surface area (Å²) in [6.45, 7) is 4.21. The molecule has 0 aliphatic rings. The number of amides is 2. The lowest BCUT2D eigenvalue weighted by atomic mass is 10.0. The van der Waals surface area contributed by atoms with E-state index in [1.54, 1.807) is 30.5 Å². The number of hydrogen-bond acceptors (Lipinski definition) is 3.